The van der Waals surface area contributed by atoms with Crippen molar-refractivity contribution in [3.05, 3.63) is 30.3 Å². The molecule has 3 rings (SSSR count). The zero-order valence-corrected chi connectivity index (χ0v) is 12.1. The van der Waals surface area contributed by atoms with E-state index in [-0.39, 0.29) is 16.7 Å². The molecule has 0 spiro atoms. The van der Waals surface area contributed by atoms with E-state index < -0.39 is 0 Å². The standard InChI is InChI=1S/C17H23NO/c1-16(2)14-9-10-17(16,3)15(19)13(14)11-18-12-7-5-4-6-8-12/h4-8,13-14,18H,9-11H2,1-3H3. The molecule has 0 saturated heterocycles. The number of hydrogen-bond acceptors (Lipinski definition) is 2. The summed E-state index contributed by atoms with van der Waals surface area (Å²) in [4.78, 5) is 12.7. The molecule has 2 saturated carbocycles. The molecule has 0 aliphatic heterocycles. The molecule has 0 aromatic heterocycles. The quantitative estimate of drug-likeness (QED) is 0.893. The van der Waals surface area contributed by atoms with Gasteiger partial charge in [0.1, 0.15) is 5.78 Å². The van der Waals surface area contributed by atoms with Gasteiger partial charge in [-0.1, -0.05) is 39.0 Å². The first-order chi connectivity index (χ1) is 8.97. The van der Waals surface area contributed by atoms with Crippen LogP contribution in [0.5, 0.6) is 0 Å². The summed E-state index contributed by atoms with van der Waals surface area (Å²) in [5.74, 6) is 1.22. The Morgan fingerprint density at radius 3 is 2.47 bits per heavy atom. The van der Waals surface area contributed by atoms with E-state index in [1.807, 2.05) is 18.2 Å². The SMILES string of the molecule is CC12CCC(C(CNc3ccccc3)C1=O)C2(C)C. The topological polar surface area (TPSA) is 29.1 Å². The largest absolute Gasteiger partial charge is 0.384 e. The van der Waals surface area contributed by atoms with Gasteiger partial charge in [0.05, 0.1) is 0 Å². The van der Waals surface area contributed by atoms with Gasteiger partial charge in [-0.2, -0.15) is 0 Å². The molecule has 2 aliphatic rings. The number of para-hydroxylation sites is 1. The van der Waals surface area contributed by atoms with Crippen LogP contribution in [0.4, 0.5) is 5.69 Å². The van der Waals surface area contributed by atoms with Crippen LogP contribution < -0.4 is 5.32 Å². The van der Waals surface area contributed by atoms with E-state index >= 15 is 0 Å². The van der Waals surface area contributed by atoms with Crippen molar-refractivity contribution in [1.82, 2.24) is 0 Å². The summed E-state index contributed by atoms with van der Waals surface area (Å²) < 4.78 is 0. The summed E-state index contributed by atoms with van der Waals surface area (Å²) in [7, 11) is 0. The molecule has 0 amide bonds. The van der Waals surface area contributed by atoms with Gasteiger partial charge in [0.25, 0.3) is 0 Å². The number of rotatable bonds is 3. The highest BCUT2D eigenvalue weighted by Gasteiger charge is 2.65. The van der Waals surface area contributed by atoms with Crippen molar-refractivity contribution in [2.75, 3.05) is 11.9 Å². The van der Waals surface area contributed by atoms with Crippen molar-refractivity contribution in [1.29, 1.82) is 0 Å². The second-order valence-electron chi connectivity index (χ2n) is 6.92. The molecule has 2 nitrogen and oxygen atoms in total. The molecule has 1 aromatic carbocycles. The molecule has 2 bridgehead atoms. The minimum absolute atomic E-state index is 0.0965. The van der Waals surface area contributed by atoms with E-state index in [0.717, 1.165) is 18.7 Å². The maximum Gasteiger partial charge on any atom is 0.144 e. The van der Waals surface area contributed by atoms with Crippen molar-refractivity contribution in [3.8, 4) is 0 Å². The van der Waals surface area contributed by atoms with E-state index in [0.29, 0.717) is 11.7 Å². The lowest BCUT2D eigenvalue weighted by atomic mass is 9.70. The Morgan fingerprint density at radius 1 is 1.21 bits per heavy atom. The first kappa shape index (κ1) is 12.7. The zero-order chi connectivity index (χ0) is 13.7. The molecule has 2 fully saturated rings. The summed E-state index contributed by atoms with van der Waals surface area (Å²) in [6, 6.07) is 10.2. The van der Waals surface area contributed by atoms with E-state index in [4.69, 9.17) is 0 Å². The Morgan fingerprint density at radius 2 is 1.89 bits per heavy atom. The third-order valence-corrected chi connectivity index (χ3v) is 5.97. The van der Waals surface area contributed by atoms with Crippen molar-refractivity contribution in [2.24, 2.45) is 22.7 Å². The number of anilines is 1. The van der Waals surface area contributed by atoms with Crippen LogP contribution in [-0.4, -0.2) is 12.3 Å². The molecular formula is C17H23NO. The van der Waals surface area contributed by atoms with Crippen LogP contribution in [-0.2, 0) is 4.79 Å². The molecule has 0 radical (unpaired) electrons. The lowest BCUT2D eigenvalue weighted by Crippen LogP contribution is -2.35. The van der Waals surface area contributed by atoms with Crippen LogP contribution in [0.15, 0.2) is 30.3 Å². The number of nitrogens with one attached hydrogen (secondary N) is 1. The van der Waals surface area contributed by atoms with E-state index in [1.54, 1.807) is 0 Å². The summed E-state index contributed by atoms with van der Waals surface area (Å²) in [5, 5.41) is 3.44. The normalized spacial score (nSPS) is 35.6. The summed E-state index contributed by atoms with van der Waals surface area (Å²) in [6.45, 7) is 7.53. The van der Waals surface area contributed by atoms with Crippen molar-refractivity contribution < 1.29 is 4.79 Å². The summed E-state index contributed by atoms with van der Waals surface area (Å²) >= 11 is 0. The van der Waals surface area contributed by atoms with Crippen molar-refractivity contribution in [3.63, 3.8) is 0 Å². The van der Waals surface area contributed by atoms with Crippen LogP contribution in [0.25, 0.3) is 0 Å². The third-order valence-electron chi connectivity index (χ3n) is 5.97. The van der Waals surface area contributed by atoms with Crippen LogP contribution >= 0.6 is 0 Å². The van der Waals surface area contributed by atoms with Crippen molar-refractivity contribution in [2.45, 2.75) is 33.6 Å². The first-order valence-electron chi connectivity index (χ1n) is 7.30. The number of hydrogen-bond donors (Lipinski definition) is 1. The Labute approximate surface area is 115 Å². The van der Waals surface area contributed by atoms with E-state index in [9.17, 15) is 4.79 Å². The number of carbonyl (C=O) groups excluding carboxylic acids is 1. The molecule has 19 heavy (non-hydrogen) atoms. The predicted octanol–water partition coefficient (Wildman–Crippen LogP) is 3.74. The summed E-state index contributed by atoms with van der Waals surface area (Å²) in [5.41, 5.74) is 1.18. The van der Waals surface area contributed by atoms with Gasteiger partial charge in [-0.15, -0.1) is 0 Å². The lowest BCUT2D eigenvalue weighted by molar-refractivity contribution is -0.131. The molecule has 2 heteroatoms. The second-order valence-corrected chi connectivity index (χ2v) is 6.92. The minimum Gasteiger partial charge on any atom is -0.384 e. The third kappa shape index (κ3) is 1.65. The van der Waals surface area contributed by atoms with Gasteiger partial charge in [0.2, 0.25) is 0 Å². The number of benzene rings is 1. The lowest BCUT2D eigenvalue weighted by Gasteiger charge is -2.32. The van der Waals surface area contributed by atoms with Crippen molar-refractivity contribution >= 4 is 11.5 Å². The molecule has 102 valence electrons. The monoisotopic (exact) mass is 257 g/mol. The fourth-order valence-electron chi connectivity index (χ4n) is 4.29. The van der Waals surface area contributed by atoms with E-state index in [2.05, 4.69) is 38.2 Å². The highest BCUT2D eigenvalue weighted by Crippen LogP contribution is 2.65. The predicted molar refractivity (Wildman–Crippen MR) is 78.0 cm³/mol. The maximum atomic E-state index is 12.7. The highest BCUT2D eigenvalue weighted by atomic mass is 16.1. The zero-order valence-electron chi connectivity index (χ0n) is 12.1. The summed E-state index contributed by atoms with van der Waals surface area (Å²) in [6.07, 6.45) is 2.28. The van der Waals surface area contributed by atoms with Crippen LogP contribution in [0, 0.1) is 22.7 Å². The van der Waals surface area contributed by atoms with Gasteiger partial charge in [0.15, 0.2) is 0 Å². The Balaban J connectivity index is 1.75. The molecular weight excluding hydrogens is 234 g/mol. The van der Waals surface area contributed by atoms with Gasteiger partial charge in [0, 0.05) is 23.6 Å². The smallest absolute Gasteiger partial charge is 0.144 e. The van der Waals surface area contributed by atoms with Crippen LogP contribution in [0.1, 0.15) is 33.6 Å². The number of Topliss-reactive ketones (excluding diaryl/α,β-unsaturated/α-hetero) is 1. The second kappa shape index (κ2) is 4.09. The van der Waals surface area contributed by atoms with Gasteiger partial charge in [-0.25, -0.2) is 0 Å². The molecule has 1 N–H and O–H groups in total. The fraction of sp³-hybridized carbons (Fsp3) is 0.588. The van der Waals surface area contributed by atoms with Gasteiger partial charge in [-0.05, 0) is 36.3 Å². The minimum atomic E-state index is -0.0965. The van der Waals surface area contributed by atoms with Gasteiger partial charge >= 0.3 is 0 Å². The maximum absolute atomic E-state index is 12.7. The fourth-order valence-corrected chi connectivity index (χ4v) is 4.29. The highest BCUT2D eigenvalue weighted by molar-refractivity contribution is 5.92. The Hall–Kier alpha value is -1.31. The van der Waals surface area contributed by atoms with Gasteiger partial charge < -0.3 is 5.32 Å². The average molecular weight is 257 g/mol. The number of fused-ring (bicyclic) bond motifs is 2. The molecule has 0 heterocycles. The molecule has 3 atom stereocenters. The molecule has 1 aromatic rings. The molecule has 2 aliphatic carbocycles. The number of ketones is 1. The number of carbonyl (C=O) groups is 1. The first-order valence-corrected chi connectivity index (χ1v) is 7.30. The van der Waals surface area contributed by atoms with Crippen LogP contribution in [0.3, 0.4) is 0 Å². The van der Waals surface area contributed by atoms with Crippen LogP contribution in [0.2, 0.25) is 0 Å². The van der Waals surface area contributed by atoms with E-state index in [1.165, 1.54) is 6.42 Å². The molecule has 3 unspecified atom stereocenters. The average Bonchev–Trinajstić information content (AvgIpc) is 2.70. The van der Waals surface area contributed by atoms with Gasteiger partial charge in [-0.3, -0.25) is 4.79 Å². The Kier molecular flexibility index (Phi) is 2.74. The Bertz CT molecular complexity index is 493.